The first-order chi connectivity index (χ1) is 11.7. The summed E-state index contributed by atoms with van der Waals surface area (Å²) in [5, 5.41) is 9.62. The monoisotopic (exact) mass is 322 g/mol. The van der Waals surface area contributed by atoms with E-state index in [0.717, 1.165) is 60.6 Å². The van der Waals surface area contributed by atoms with Crippen molar-refractivity contribution in [1.82, 2.24) is 9.88 Å². The number of nitriles is 1. The lowest BCUT2D eigenvalue weighted by molar-refractivity contribution is 0.253. The molecule has 1 aromatic heterocycles. The summed E-state index contributed by atoms with van der Waals surface area (Å²) in [6, 6.07) is 10.0. The average Bonchev–Trinajstić information content (AvgIpc) is 2.61. The largest absolute Gasteiger partial charge is 0.497 e. The molecular formula is C19H22N4O. The van der Waals surface area contributed by atoms with E-state index in [2.05, 4.69) is 22.9 Å². The second-order valence-electron chi connectivity index (χ2n) is 6.04. The second-order valence-corrected chi connectivity index (χ2v) is 6.04. The molecule has 0 radical (unpaired) electrons. The third-order valence-electron chi connectivity index (χ3n) is 4.49. The number of rotatable bonds is 4. The summed E-state index contributed by atoms with van der Waals surface area (Å²) in [7, 11) is 1.64. The zero-order chi connectivity index (χ0) is 17.1. The van der Waals surface area contributed by atoms with E-state index in [1.807, 2.05) is 24.3 Å². The van der Waals surface area contributed by atoms with Gasteiger partial charge in [0.1, 0.15) is 23.2 Å². The van der Waals surface area contributed by atoms with Crippen molar-refractivity contribution in [3.05, 3.63) is 41.1 Å². The number of pyridine rings is 1. The smallest absolute Gasteiger partial charge is 0.142 e. The zero-order valence-corrected chi connectivity index (χ0v) is 14.2. The van der Waals surface area contributed by atoms with Crippen LogP contribution in [0.25, 0.3) is 11.1 Å². The Morgan fingerprint density at radius 1 is 1.33 bits per heavy atom. The number of hydrogen-bond donors (Lipinski definition) is 1. The number of aromatic nitrogens is 1. The first kappa shape index (κ1) is 16.3. The van der Waals surface area contributed by atoms with Gasteiger partial charge >= 0.3 is 0 Å². The Bertz CT molecular complexity index is 777. The highest BCUT2D eigenvalue weighted by Gasteiger charge is 2.24. The standard InChI is InChI=1S/C19H22N4O/c1-3-9-23-10-8-17-16(12-23)18(15(11-20)19(21)22-17)13-4-6-14(24-2)7-5-13/h4-7H,3,8-10,12H2,1-2H3,(H2,21,22). The number of ether oxygens (including phenoxy) is 1. The summed E-state index contributed by atoms with van der Waals surface area (Å²) in [5.74, 6) is 1.12. The van der Waals surface area contributed by atoms with Gasteiger partial charge in [-0.25, -0.2) is 4.98 Å². The second kappa shape index (κ2) is 6.90. The van der Waals surface area contributed by atoms with Gasteiger partial charge in [-0.1, -0.05) is 19.1 Å². The maximum Gasteiger partial charge on any atom is 0.142 e. The summed E-state index contributed by atoms with van der Waals surface area (Å²) in [6.07, 6.45) is 1.98. The molecule has 3 rings (SSSR count). The van der Waals surface area contributed by atoms with Crippen molar-refractivity contribution in [2.24, 2.45) is 0 Å². The molecule has 0 unspecified atom stereocenters. The quantitative estimate of drug-likeness (QED) is 0.936. The van der Waals surface area contributed by atoms with Crippen LogP contribution in [0.4, 0.5) is 5.82 Å². The molecule has 2 aromatic rings. The summed E-state index contributed by atoms with van der Waals surface area (Å²) in [5.41, 5.74) is 10.6. The Kier molecular flexibility index (Phi) is 4.68. The summed E-state index contributed by atoms with van der Waals surface area (Å²) in [6.45, 7) is 5.03. The number of nitrogens with two attached hydrogens (primary N) is 1. The van der Waals surface area contributed by atoms with Gasteiger partial charge in [-0.2, -0.15) is 5.26 Å². The number of hydrogen-bond acceptors (Lipinski definition) is 5. The fourth-order valence-corrected chi connectivity index (χ4v) is 3.33. The van der Waals surface area contributed by atoms with Gasteiger partial charge in [0, 0.05) is 30.8 Å². The van der Waals surface area contributed by atoms with Crippen molar-refractivity contribution >= 4 is 5.82 Å². The molecule has 0 fully saturated rings. The molecule has 2 heterocycles. The maximum absolute atomic E-state index is 9.62. The molecule has 1 aliphatic rings. The van der Waals surface area contributed by atoms with Crippen LogP contribution < -0.4 is 10.5 Å². The average molecular weight is 322 g/mol. The van der Waals surface area contributed by atoms with Crippen LogP contribution in [-0.2, 0) is 13.0 Å². The highest BCUT2D eigenvalue weighted by atomic mass is 16.5. The summed E-state index contributed by atoms with van der Waals surface area (Å²) in [4.78, 5) is 6.91. The van der Waals surface area contributed by atoms with Gasteiger partial charge in [-0.3, -0.25) is 4.90 Å². The first-order valence-corrected chi connectivity index (χ1v) is 8.26. The zero-order valence-electron chi connectivity index (χ0n) is 14.2. The fraction of sp³-hybridized carbons (Fsp3) is 0.368. The Balaban J connectivity index is 2.15. The van der Waals surface area contributed by atoms with E-state index in [1.165, 1.54) is 0 Å². The SMILES string of the molecule is CCCN1CCc2nc(N)c(C#N)c(-c3ccc(OC)cc3)c2C1. The molecule has 0 saturated carbocycles. The highest BCUT2D eigenvalue weighted by molar-refractivity contribution is 5.79. The molecule has 2 N–H and O–H groups in total. The normalized spacial score (nSPS) is 14.0. The predicted molar refractivity (Wildman–Crippen MR) is 94.6 cm³/mol. The van der Waals surface area contributed by atoms with Gasteiger partial charge in [-0.15, -0.1) is 0 Å². The molecule has 5 nitrogen and oxygen atoms in total. The number of methoxy groups -OCH3 is 1. The van der Waals surface area contributed by atoms with Crippen LogP contribution in [0.1, 0.15) is 30.2 Å². The number of benzene rings is 1. The van der Waals surface area contributed by atoms with Crippen LogP contribution in [0.5, 0.6) is 5.75 Å². The predicted octanol–water partition coefficient (Wildman–Crippen LogP) is 2.98. The van der Waals surface area contributed by atoms with Crippen molar-refractivity contribution in [3.8, 4) is 22.9 Å². The number of nitrogen functional groups attached to an aromatic ring is 1. The summed E-state index contributed by atoms with van der Waals surface area (Å²) < 4.78 is 5.24. The minimum absolute atomic E-state index is 0.325. The molecule has 1 aliphatic heterocycles. The third-order valence-corrected chi connectivity index (χ3v) is 4.49. The van der Waals surface area contributed by atoms with Gasteiger partial charge in [0.2, 0.25) is 0 Å². The molecule has 0 saturated heterocycles. The van der Waals surface area contributed by atoms with E-state index in [1.54, 1.807) is 7.11 Å². The lowest BCUT2D eigenvalue weighted by atomic mass is 9.91. The summed E-state index contributed by atoms with van der Waals surface area (Å²) >= 11 is 0. The molecule has 1 aromatic carbocycles. The van der Waals surface area contributed by atoms with Gasteiger partial charge < -0.3 is 10.5 Å². The Morgan fingerprint density at radius 3 is 2.71 bits per heavy atom. The molecule has 0 aliphatic carbocycles. The third kappa shape index (κ3) is 2.93. The van der Waals surface area contributed by atoms with Crippen molar-refractivity contribution in [2.75, 3.05) is 25.9 Å². The molecule has 5 heteroatoms. The minimum Gasteiger partial charge on any atom is -0.497 e. The molecule has 0 spiro atoms. The fourth-order valence-electron chi connectivity index (χ4n) is 3.33. The number of anilines is 1. The van der Waals surface area contributed by atoms with Crippen LogP contribution in [0.15, 0.2) is 24.3 Å². The van der Waals surface area contributed by atoms with Crippen LogP contribution >= 0.6 is 0 Å². The van der Waals surface area contributed by atoms with Crippen LogP contribution in [0.3, 0.4) is 0 Å². The molecule has 0 amide bonds. The Labute approximate surface area is 142 Å². The van der Waals surface area contributed by atoms with Crippen molar-refractivity contribution in [2.45, 2.75) is 26.3 Å². The van der Waals surface area contributed by atoms with Crippen molar-refractivity contribution < 1.29 is 4.74 Å². The van der Waals surface area contributed by atoms with E-state index in [9.17, 15) is 5.26 Å². The lowest BCUT2D eigenvalue weighted by Gasteiger charge is -2.30. The van der Waals surface area contributed by atoms with E-state index in [4.69, 9.17) is 10.5 Å². The minimum atomic E-state index is 0.325. The molecule has 124 valence electrons. The van der Waals surface area contributed by atoms with Gasteiger partial charge in [0.25, 0.3) is 0 Å². The highest BCUT2D eigenvalue weighted by Crippen LogP contribution is 2.35. The van der Waals surface area contributed by atoms with Crippen LogP contribution in [-0.4, -0.2) is 30.1 Å². The van der Waals surface area contributed by atoms with E-state index >= 15 is 0 Å². The molecule has 0 bridgehead atoms. The topological polar surface area (TPSA) is 75.2 Å². The maximum atomic E-state index is 9.62. The number of fused-ring (bicyclic) bond motifs is 1. The first-order valence-electron chi connectivity index (χ1n) is 8.26. The van der Waals surface area contributed by atoms with Crippen molar-refractivity contribution in [3.63, 3.8) is 0 Å². The molecule has 24 heavy (non-hydrogen) atoms. The van der Waals surface area contributed by atoms with Gasteiger partial charge in [0.15, 0.2) is 0 Å². The van der Waals surface area contributed by atoms with Gasteiger partial charge in [0.05, 0.1) is 7.11 Å². The van der Waals surface area contributed by atoms with E-state index < -0.39 is 0 Å². The van der Waals surface area contributed by atoms with Gasteiger partial charge in [-0.05, 0) is 36.2 Å². The van der Waals surface area contributed by atoms with Crippen molar-refractivity contribution in [1.29, 1.82) is 5.26 Å². The lowest BCUT2D eigenvalue weighted by Crippen LogP contribution is -2.32. The van der Waals surface area contributed by atoms with Crippen LogP contribution in [0.2, 0.25) is 0 Å². The Morgan fingerprint density at radius 2 is 2.08 bits per heavy atom. The van der Waals surface area contributed by atoms with E-state index in [-0.39, 0.29) is 0 Å². The molecule has 0 atom stereocenters. The van der Waals surface area contributed by atoms with E-state index in [0.29, 0.717) is 11.4 Å². The van der Waals surface area contributed by atoms with Crippen LogP contribution in [0, 0.1) is 11.3 Å². The number of nitrogens with zero attached hydrogens (tertiary/aromatic N) is 3. The molecular weight excluding hydrogens is 300 g/mol. The Hall–Kier alpha value is -2.58.